The molecule has 2 aliphatic heterocycles. The van der Waals surface area contributed by atoms with Gasteiger partial charge in [0.1, 0.15) is 10.1 Å². The predicted octanol–water partition coefficient (Wildman–Crippen LogP) is 2.00. The minimum atomic E-state index is -3.57. The van der Waals surface area contributed by atoms with Crippen LogP contribution in [0, 0.1) is 0 Å². The maximum Gasteiger partial charge on any atom is 0.319 e. The van der Waals surface area contributed by atoms with Crippen LogP contribution >= 0.6 is 11.8 Å². The largest absolute Gasteiger partial charge is 0.465 e. The van der Waals surface area contributed by atoms with Crippen LogP contribution in [0.25, 0.3) is 0 Å². The molecule has 2 aromatic rings. The van der Waals surface area contributed by atoms with Crippen molar-refractivity contribution < 1.29 is 17.9 Å². The van der Waals surface area contributed by atoms with Gasteiger partial charge in [0.05, 0.1) is 11.6 Å². The second kappa shape index (κ2) is 8.83. The Bertz CT molecular complexity index is 943. The number of hydrogen-bond donors (Lipinski definition) is 0. The molecule has 7 nitrogen and oxygen atoms in total. The lowest BCUT2D eigenvalue weighted by molar-refractivity contribution is -0.137. The number of aromatic nitrogens is 1. The maximum absolute atomic E-state index is 12.9. The number of thioether (sulfide) groups is 1. The van der Waals surface area contributed by atoms with Crippen molar-refractivity contribution >= 4 is 27.8 Å². The molecule has 154 valence electrons. The maximum atomic E-state index is 12.9. The van der Waals surface area contributed by atoms with Gasteiger partial charge in [-0.25, -0.2) is 13.4 Å². The van der Waals surface area contributed by atoms with Gasteiger partial charge in [-0.15, -0.1) is 0 Å². The topological polar surface area (TPSA) is 79.8 Å². The van der Waals surface area contributed by atoms with E-state index in [1.54, 1.807) is 12.1 Å². The summed E-state index contributed by atoms with van der Waals surface area (Å²) in [5, 5.41) is 0.364. The molecule has 2 aliphatic rings. The number of esters is 1. The third-order valence-electron chi connectivity index (χ3n) is 5.08. The minimum absolute atomic E-state index is 0.187. The molecule has 0 amide bonds. The highest BCUT2D eigenvalue weighted by Crippen LogP contribution is 2.29. The summed E-state index contributed by atoms with van der Waals surface area (Å²) in [5.41, 5.74) is 1.23. The highest BCUT2D eigenvalue weighted by molar-refractivity contribution is 8.00. The van der Waals surface area contributed by atoms with Crippen LogP contribution in [0.2, 0.25) is 0 Å². The number of carbonyl (C=O) groups excluding carboxylic acids is 1. The standard InChI is InChI=1S/C20H23N3O4S2/c24-20-18(8-13-27-20)28-19-7-6-17(14-21-19)29(25,26)23-11-9-22(10-12-23)15-16-4-2-1-3-5-16/h1-7,14,18H,8-13,15H2/t18-/m1/s1. The number of nitrogens with zero attached hydrogens (tertiary/aromatic N) is 3. The van der Waals surface area contributed by atoms with Gasteiger partial charge in [-0.1, -0.05) is 42.1 Å². The SMILES string of the molecule is O=C1OCC[C@H]1Sc1ccc(S(=O)(=O)N2CCN(Cc3ccccc3)CC2)cn1. The normalized spacial score (nSPS) is 21.2. The van der Waals surface area contributed by atoms with Crippen molar-refractivity contribution in [2.45, 2.75) is 28.1 Å². The van der Waals surface area contributed by atoms with Gasteiger partial charge in [0.25, 0.3) is 0 Å². The van der Waals surface area contributed by atoms with E-state index in [0.717, 1.165) is 6.54 Å². The van der Waals surface area contributed by atoms with Crippen LogP contribution in [0.15, 0.2) is 58.6 Å². The van der Waals surface area contributed by atoms with Crippen molar-refractivity contribution in [1.29, 1.82) is 0 Å². The van der Waals surface area contributed by atoms with Gasteiger partial charge in [-0.2, -0.15) is 4.31 Å². The van der Waals surface area contributed by atoms with Crippen molar-refractivity contribution in [3.05, 3.63) is 54.2 Å². The number of ether oxygens (including phenoxy) is 1. The Labute approximate surface area is 175 Å². The van der Waals surface area contributed by atoms with Gasteiger partial charge in [0, 0.05) is 45.3 Å². The Morgan fingerprint density at radius 3 is 2.45 bits per heavy atom. The fraction of sp³-hybridized carbons (Fsp3) is 0.400. The van der Waals surface area contributed by atoms with Gasteiger partial charge in [-0.3, -0.25) is 9.69 Å². The number of carbonyl (C=O) groups is 1. The molecule has 0 aliphatic carbocycles. The highest BCUT2D eigenvalue weighted by atomic mass is 32.2. The number of cyclic esters (lactones) is 1. The van der Waals surface area contributed by atoms with Crippen LogP contribution in [-0.2, 0) is 26.1 Å². The lowest BCUT2D eigenvalue weighted by Gasteiger charge is -2.33. The van der Waals surface area contributed by atoms with Crippen molar-refractivity contribution in [3.63, 3.8) is 0 Å². The van der Waals surface area contributed by atoms with Crippen molar-refractivity contribution in [2.24, 2.45) is 0 Å². The molecule has 3 heterocycles. The molecule has 0 N–H and O–H groups in total. The van der Waals surface area contributed by atoms with Crippen LogP contribution in [0.4, 0.5) is 0 Å². The first kappa shape index (κ1) is 20.3. The second-order valence-electron chi connectivity index (χ2n) is 7.06. The Hall–Kier alpha value is -1.94. The van der Waals surface area contributed by atoms with Crippen LogP contribution in [-0.4, -0.2) is 66.6 Å². The number of rotatable bonds is 6. The van der Waals surface area contributed by atoms with E-state index < -0.39 is 10.0 Å². The van der Waals surface area contributed by atoms with Gasteiger partial charge in [0.2, 0.25) is 10.0 Å². The first-order chi connectivity index (χ1) is 14.0. The zero-order valence-corrected chi connectivity index (χ0v) is 17.6. The van der Waals surface area contributed by atoms with E-state index in [2.05, 4.69) is 22.0 Å². The molecule has 1 atom stereocenters. The van der Waals surface area contributed by atoms with Crippen LogP contribution in [0.3, 0.4) is 0 Å². The number of pyridine rings is 1. The second-order valence-corrected chi connectivity index (χ2v) is 10.2. The molecule has 2 saturated heterocycles. The molecule has 1 aromatic heterocycles. The van der Waals surface area contributed by atoms with E-state index in [-0.39, 0.29) is 16.1 Å². The lowest BCUT2D eigenvalue weighted by atomic mass is 10.2. The Morgan fingerprint density at radius 2 is 1.83 bits per heavy atom. The van der Waals surface area contributed by atoms with Crippen LogP contribution in [0.5, 0.6) is 0 Å². The van der Waals surface area contributed by atoms with Gasteiger partial charge in [-0.05, 0) is 17.7 Å². The summed E-state index contributed by atoms with van der Waals surface area (Å²) in [6.07, 6.45) is 2.03. The summed E-state index contributed by atoms with van der Waals surface area (Å²) in [5.74, 6) is -0.234. The van der Waals surface area contributed by atoms with E-state index in [0.29, 0.717) is 44.2 Å². The van der Waals surface area contributed by atoms with E-state index >= 15 is 0 Å². The van der Waals surface area contributed by atoms with Gasteiger partial charge >= 0.3 is 5.97 Å². The van der Waals surface area contributed by atoms with Crippen molar-refractivity contribution in [3.8, 4) is 0 Å². The number of hydrogen-bond acceptors (Lipinski definition) is 7. The van der Waals surface area contributed by atoms with E-state index in [9.17, 15) is 13.2 Å². The number of piperazine rings is 1. The summed E-state index contributed by atoms with van der Waals surface area (Å²) >= 11 is 1.31. The Morgan fingerprint density at radius 1 is 1.07 bits per heavy atom. The molecule has 2 fully saturated rings. The fourth-order valence-corrected chi connectivity index (χ4v) is 5.74. The lowest BCUT2D eigenvalue weighted by Crippen LogP contribution is -2.48. The Balaban J connectivity index is 1.35. The van der Waals surface area contributed by atoms with E-state index in [4.69, 9.17) is 4.74 Å². The van der Waals surface area contributed by atoms with Crippen molar-refractivity contribution in [1.82, 2.24) is 14.2 Å². The summed E-state index contributed by atoms with van der Waals surface area (Å²) < 4.78 is 32.4. The van der Waals surface area contributed by atoms with E-state index in [1.165, 1.54) is 27.8 Å². The number of sulfonamides is 1. The molecule has 0 unspecified atom stereocenters. The molecule has 0 radical (unpaired) electrons. The quantitative estimate of drug-likeness (QED) is 0.645. The molecule has 4 rings (SSSR count). The van der Waals surface area contributed by atoms with Gasteiger partial charge < -0.3 is 4.74 Å². The number of benzene rings is 1. The monoisotopic (exact) mass is 433 g/mol. The molecular weight excluding hydrogens is 410 g/mol. The third kappa shape index (κ3) is 4.80. The smallest absolute Gasteiger partial charge is 0.319 e. The highest BCUT2D eigenvalue weighted by Gasteiger charge is 2.30. The summed E-state index contributed by atoms with van der Waals surface area (Å²) in [7, 11) is -3.57. The Kier molecular flexibility index (Phi) is 6.19. The average molecular weight is 434 g/mol. The third-order valence-corrected chi connectivity index (χ3v) is 8.16. The first-order valence-corrected chi connectivity index (χ1v) is 11.9. The van der Waals surface area contributed by atoms with E-state index in [1.807, 2.05) is 18.2 Å². The molecular formula is C20H23N3O4S2. The molecule has 9 heteroatoms. The average Bonchev–Trinajstić information content (AvgIpc) is 3.14. The van der Waals surface area contributed by atoms with Gasteiger partial charge in [0.15, 0.2) is 0 Å². The predicted molar refractivity (Wildman–Crippen MR) is 110 cm³/mol. The molecule has 0 bridgehead atoms. The molecule has 29 heavy (non-hydrogen) atoms. The fourth-order valence-electron chi connectivity index (χ4n) is 3.44. The first-order valence-electron chi connectivity index (χ1n) is 9.58. The summed E-state index contributed by atoms with van der Waals surface area (Å²) in [6, 6.07) is 13.4. The minimum Gasteiger partial charge on any atom is -0.465 e. The van der Waals surface area contributed by atoms with Crippen LogP contribution in [0.1, 0.15) is 12.0 Å². The molecule has 0 saturated carbocycles. The molecule has 0 spiro atoms. The zero-order valence-electron chi connectivity index (χ0n) is 15.9. The summed E-state index contributed by atoms with van der Waals surface area (Å²) in [4.78, 5) is 18.3. The summed E-state index contributed by atoms with van der Waals surface area (Å²) in [6.45, 7) is 3.56. The zero-order chi connectivity index (χ0) is 20.3. The molecule has 1 aromatic carbocycles. The van der Waals surface area contributed by atoms with Crippen molar-refractivity contribution in [2.75, 3.05) is 32.8 Å². The van der Waals surface area contributed by atoms with Crippen LogP contribution < -0.4 is 0 Å².